The third-order valence-electron chi connectivity index (χ3n) is 3.61. The van der Waals surface area contributed by atoms with Crippen LogP contribution in [0.15, 0.2) is 24.3 Å². The fourth-order valence-corrected chi connectivity index (χ4v) is 2.61. The molecular formula is C14H23N3. The van der Waals surface area contributed by atoms with E-state index in [4.69, 9.17) is 5.73 Å². The number of benzene rings is 1. The third-order valence-corrected chi connectivity index (χ3v) is 3.61. The van der Waals surface area contributed by atoms with Crippen molar-refractivity contribution in [2.24, 2.45) is 0 Å². The SMILES string of the molecule is CN1CCCC(N(C)Cc2cccc(N)c2)C1. The molecule has 1 saturated heterocycles. The van der Waals surface area contributed by atoms with E-state index in [1.54, 1.807) is 0 Å². The predicted octanol–water partition coefficient (Wildman–Crippen LogP) is 1.79. The Bertz CT molecular complexity index is 364. The molecule has 3 nitrogen and oxygen atoms in total. The van der Waals surface area contributed by atoms with Crippen LogP contribution < -0.4 is 5.73 Å². The molecule has 3 heteroatoms. The summed E-state index contributed by atoms with van der Waals surface area (Å²) in [6.07, 6.45) is 2.62. The first-order chi connectivity index (χ1) is 8.15. The Balaban J connectivity index is 1.94. The molecule has 1 heterocycles. The van der Waals surface area contributed by atoms with E-state index in [1.165, 1.54) is 31.5 Å². The van der Waals surface area contributed by atoms with Crippen LogP contribution >= 0.6 is 0 Å². The second-order valence-electron chi connectivity index (χ2n) is 5.22. The smallest absolute Gasteiger partial charge is 0.0317 e. The lowest BCUT2D eigenvalue weighted by Crippen LogP contribution is -2.44. The summed E-state index contributed by atoms with van der Waals surface area (Å²) in [5.74, 6) is 0. The summed E-state index contributed by atoms with van der Waals surface area (Å²) in [5.41, 5.74) is 7.97. The summed E-state index contributed by atoms with van der Waals surface area (Å²) in [4.78, 5) is 4.87. The molecule has 0 radical (unpaired) electrons. The van der Waals surface area contributed by atoms with Gasteiger partial charge in [0.15, 0.2) is 0 Å². The second-order valence-corrected chi connectivity index (χ2v) is 5.22. The molecule has 0 amide bonds. The molecule has 0 saturated carbocycles. The van der Waals surface area contributed by atoms with Crippen LogP contribution in [0.4, 0.5) is 5.69 Å². The maximum Gasteiger partial charge on any atom is 0.0317 e. The van der Waals surface area contributed by atoms with Gasteiger partial charge in [0.25, 0.3) is 0 Å². The van der Waals surface area contributed by atoms with Crippen LogP contribution in [0.5, 0.6) is 0 Å². The van der Waals surface area contributed by atoms with Crippen molar-refractivity contribution in [3.63, 3.8) is 0 Å². The van der Waals surface area contributed by atoms with Gasteiger partial charge in [-0.25, -0.2) is 0 Å². The number of likely N-dealkylation sites (tertiary alicyclic amines) is 1. The maximum absolute atomic E-state index is 5.81. The number of nitrogens with zero attached hydrogens (tertiary/aromatic N) is 2. The summed E-state index contributed by atoms with van der Waals surface area (Å²) >= 11 is 0. The van der Waals surface area contributed by atoms with E-state index in [1.807, 2.05) is 12.1 Å². The fourth-order valence-electron chi connectivity index (χ4n) is 2.61. The average molecular weight is 233 g/mol. The lowest BCUT2D eigenvalue weighted by molar-refractivity contribution is 0.129. The van der Waals surface area contributed by atoms with Crippen LogP contribution in [-0.4, -0.2) is 43.0 Å². The molecular weight excluding hydrogens is 210 g/mol. The molecule has 0 spiro atoms. The summed E-state index contributed by atoms with van der Waals surface area (Å²) in [6, 6.07) is 8.88. The molecule has 1 unspecified atom stereocenters. The van der Waals surface area contributed by atoms with E-state index >= 15 is 0 Å². The lowest BCUT2D eigenvalue weighted by Gasteiger charge is -2.35. The first-order valence-electron chi connectivity index (χ1n) is 6.38. The van der Waals surface area contributed by atoms with Crippen molar-refractivity contribution >= 4 is 5.69 Å². The molecule has 1 atom stereocenters. The predicted molar refractivity (Wildman–Crippen MR) is 72.8 cm³/mol. The van der Waals surface area contributed by atoms with Crippen molar-refractivity contribution < 1.29 is 0 Å². The zero-order chi connectivity index (χ0) is 12.3. The van der Waals surface area contributed by atoms with E-state index in [2.05, 4.69) is 36.0 Å². The van der Waals surface area contributed by atoms with E-state index < -0.39 is 0 Å². The van der Waals surface area contributed by atoms with Gasteiger partial charge in [0, 0.05) is 24.8 Å². The van der Waals surface area contributed by atoms with Gasteiger partial charge >= 0.3 is 0 Å². The molecule has 17 heavy (non-hydrogen) atoms. The van der Waals surface area contributed by atoms with Gasteiger partial charge in [0.1, 0.15) is 0 Å². The minimum absolute atomic E-state index is 0.676. The van der Waals surface area contributed by atoms with Crippen LogP contribution in [0.3, 0.4) is 0 Å². The Kier molecular flexibility index (Phi) is 4.02. The maximum atomic E-state index is 5.81. The van der Waals surface area contributed by atoms with Crippen molar-refractivity contribution in [1.29, 1.82) is 0 Å². The topological polar surface area (TPSA) is 32.5 Å². The highest BCUT2D eigenvalue weighted by molar-refractivity contribution is 5.40. The Morgan fingerprint density at radius 3 is 3.00 bits per heavy atom. The minimum Gasteiger partial charge on any atom is -0.399 e. The minimum atomic E-state index is 0.676. The van der Waals surface area contributed by atoms with Gasteiger partial charge < -0.3 is 10.6 Å². The number of rotatable bonds is 3. The Hall–Kier alpha value is -1.06. The van der Waals surface area contributed by atoms with Gasteiger partial charge in [0.05, 0.1) is 0 Å². The summed E-state index contributed by atoms with van der Waals surface area (Å²) in [6.45, 7) is 3.41. The van der Waals surface area contributed by atoms with Gasteiger partial charge in [-0.1, -0.05) is 12.1 Å². The molecule has 2 N–H and O–H groups in total. The molecule has 0 bridgehead atoms. The highest BCUT2D eigenvalue weighted by Crippen LogP contribution is 2.16. The number of hydrogen-bond donors (Lipinski definition) is 1. The van der Waals surface area contributed by atoms with Crippen LogP contribution in [-0.2, 0) is 6.54 Å². The van der Waals surface area contributed by atoms with Gasteiger partial charge in [0.2, 0.25) is 0 Å². The molecule has 1 aromatic carbocycles. The number of piperidine rings is 1. The van der Waals surface area contributed by atoms with Crippen LogP contribution in [0, 0.1) is 0 Å². The number of likely N-dealkylation sites (N-methyl/N-ethyl adjacent to an activating group) is 2. The number of nitrogen functional groups attached to an aromatic ring is 1. The van der Waals surface area contributed by atoms with E-state index in [0.717, 1.165) is 12.2 Å². The highest BCUT2D eigenvalue weighted by Gasteiger charge is 2.20. The van der Waals surface area contributed by atoms with Crippen molar-refractivity contribution in [1.82, 2.24) is 9.80 Å². The number of nitrogens with two attached hydrogens (primary N) is 1. The van der Waals surface area contributed by atoms with Gasteiger partial charge in [-0.3, -0.25) is 4.90 Å². The highest BCUT2D eigenvalue weighted by atomic mass is 15.2. The first kappa shape index (κ1) is 12.4. The van der Waals surface area contributed by atoms with Gasteiger partial charge in [-0.15, -0.1) is 0 Å². The van der Waals surface area contributed by atoms with Gasteiger partial charge in [-0.2, -0.15) is 0 Å². The first-order valence-corrected chi connectivity index (χ1v) is 6.38. The van der Waals surface area contributed by atoms with E-state index in [0.29, 0.717) is 6.04 Å². The zero-order valence-electron chi connectivity index (χ0n) is 10.9. The Morgan fingerprint density at radius 1 is 1.47 bits per heavy atom. The number of hydrogen-bond acceptors (Lipinski definition) is 3. The standard InChI is InChI=1S/C14H23N3/c1-16-8-4-7-14(11-16)17(2)10-12-5-3-6-13(15)9-12/h3,5-6,9,14H,4,7-8,10-11,15H2,1-2H3. The van der Waals surface area contributed by atoms with Gasteiger partial charge in [-0.05, 0) is 51.2 Å². The summed E-state index contributed by atoms with van der Waals surface area (Å²) in [7, 11) is 4.42. The average Bonchev–Trinajstić information content (AvgIpc) is 2.29. The van der Waals surface area contributed by atoms with Crippen molar-refractivity contribution in [3.8, 4) is 0 Å². The normalized spacial score (nSPS) is 21.9. The largest absolute Gasteiger partial charge is 0.399 e. The third kappa shape index (κ3) is 3.45. The lowest BCUT2D eigenvalue weighted by atomic mass is 10.0. The van der Waals surface area contributed by atoms with Crippen LogP contribution in [0.25, 0.3) is 0 Å². The quantitative estimate of drug-likeness (QED) is 0.808. The van der Waals surface area contributed by atoms with Crippen LogP contribution in [0.1, 0.15) is 18.4 Å². The molecule has 1 aromatic rings. The fraction of sp³-hybridized carbons (Fsp3) is 0.571. The molecule has 1 aliphatic heterocycles. The van der Waals surface area contributed by atoms with E-state index in [-0.39, 0.29) is 0 Å². The monoisotopic (exact) mass is 233 g/mol. The van der Waals surface area contributed by atoms with Crippen LogP contribution in [0.2, 0.25) is 0 Å². The molecule has 0 aliphatic carbocycles. The molecule has 1 fully saturated rings. The summed E-state index contributed by atoms with van der Waals surface area (Å²) < 4.78 is 0. The summed E-state index contributed by atoms with van der Waals surface area (Å²) in [5, 5.41) is 0. The van der Waals surface area contributed by atoms with E-state index in [9.17, 15) is 0 Å². The number of anilines is 1. The molecule has 0 aromatic heterocycles. The molecule has 2 rings (SSSR count). The zero-order valence-corrected chi connectivity index (χ0v) is 10.9. The molecule has 94 valence electrons. The van der Waals surface area contributed by atoms with Crippen molar-refractivity contribution in [2.75, 3.05) is 32.9 Å². The molecule has 1 aliphatic rings. The Morgan fingerprint density at radius 2 is 2.29 bits per heavy atom. The Labute approximate surface area is 104 Å². The van der Waals surface area contributed by atoms with Crippen molar-refractivity contribution in [2.45, 2.75) is 25.4 Å². The second kappa shape index (κ2) is 5.52. The van der Waals surface area contributed by atoms with Crippen molar-refractivity contribution in [3.05, 3.63) is 29.8 Å².